The van der Waals surface area contributed by atoms with Gasteiger partial charge in [-0.1, -0.05) is 45.7 Å². The molecule has 102 valence electrons. The zero-order valence-corrected chi connectivity index (χ0v) is 12.1. The first kappa shape index (κ1) is 15.0. The lowest BCUT2D eigenvalue weighted by Gasteiger charge is -2.16. The molecule has 1 rings (SSSR count). The highest BCUT2D eigenvalue weighted by Crippen LogP contribution is 2.30. The highest BCUT2D eigenvalue weighted by Gasteiger charge is 2.13. The van der Waals surface area contributed by atoms with Crippen molar-refractivity contribution in [3.8, 4) is 5.75 Å². The summed E-state index contributed by atoms with van der Waals surface area (Å²) in [6.45, 7) is 6.54. The van der Waals surface area contributed by atoms with E-state index in [1.54, 1.807) is 7.11 Å². The highest BCUT2D eigenvalue weighted by atomic mass is 16.5. The Kier molecular flexibility index (Phi) is 6.20. The van der Waals surface area contributed by atoms with Crippen LogP contribution in [0.5, 0.6) is 5.75 Å². The normalized spacial score (nSPS) is 12.8. The molecular formula is C16H26O2. The maximum absolute atomic E-state index is 10.2. The molecule has 1 atom stereocenters. The van der Waals surface area contributed by atoms with Crippen LogP contribution in [0.1, 0.15) is 57.3 Å². The number of hydrogen-bond acceptors (Lipinski definition) is 2. The van der Waals surface area contributed by atoms with E-state index in [4.69, 9.17) is 4.74 Å². The predicted octanol–water partition coefficient (Wildman–Crippen LogP) is 4.12. The summed E-state index contributed by atoms with van der Waals surface area (Å²) in [5.74, 6) is 1.45. The topological polar surface area (TPSA) is 29.5 Å². The maximum atomic E-state index is 10.2. The smallest absolute Gasteiger partial charge is 0.124 e. The van der Waals surface area contributed by atoms with E-state index in [0.717, 1.165) is 37.0 Å². The van der Waals surface area contributed by atoms with Gasteiger partial charge in [0.25, 0.3) is 0 Å². The molecule has 1 aromatic rings. The molecule has 0 saturated carbocycles. The van der Waals surface area contributed by atoms with Crippen molar-refractivity contribution in [2.75, 3.05) is 7.11 Å². The minimum atomic E-state index is -0.409. The van der Waals surface area contributed by atoms with E-state index in [0.29, 0.717) is 5.92 Å². The summed E-state index contributed by atoms with van der Waals surface area (Å²) in [7, 11) is 1.67. The molecule has 18 heavy (non-hydrogen) atoms. The first-order chi connectivity index (χ1) is 8.58. The van der Waals surface area contributed by atoms with Crippen molar-refractivity contribution >= 4 is 0 Å². The number of methoxy groups -OCH3 is 1. The van der Waals surface area contributed by atoms with Crippen LogP contribution in [0.15, 0.2) is 18.2 Å². The lowest BCUT2D eigenvalue weighted by atomic mass is 9.97. The molecule has 0 aliphatic heterocycles. The van der Waals surface area contributed by atoms with Gasteiger partial charge < -0.3 is 9.84 Å². The number of aliphatic hydroxyl groups is 1. The summed E-state index contributed by atoms with van der Waals surface area (Å²) in [6, 6.07) is 6.17. The van der Waals surface area contributed by atoms with E-state index in [2.05, 4.69) is 32.9 Å². The Morgan fingerprint density at radius 3 is 2.56 bits per heavy atom. The van der Waals surface area contributed by atoms with Crippen LogP contribution in [-0.2, 0) is 6.42 Å². The quantitative estimate of drug-likeness (QED) is 0.789. The molecule has 0 saturated heterocycles. The van der Waals surface area contributed by atoms with E-state index in [1.807, 2.05) is 6.07 Å². The second-order valence-corrected chi connectivity index (χ2v) is 5.33. The molecule has 0 amide bonds. The van der Waals surface area contributed by atoms with Gasteiger partial charge >= 0.3 is 0 Å². The Bertz CT molecular complexity index is 358. The zero-order chi connectivity index (χ0) is 13.5. The van der Waals surface area contributed by atoms with Gasteiger partial charge in [-0.2, -0.15) is 0 Å². The molecule has 1 aromatic carbocycles. The molecule has 0 bridgehead atoms. The van der Waals surface area contributed by atoms with Gasteiger partial charge in [0.15, 0.2) is 0 Å². The van der Waals surface area contributed by atoms with Crippen LogP contribution in [-0.4, -0.2) is 12.2 Å². The van der Waals surface area contributed by atoms with Gasteiger partial charge in [-0.25, -0.2) is 0 Å². The predicted molar refractivity (Wildman–Crippen MR) is 76.0 cm³/mol. The van der Waals surface area contributed by atoms with Gasteiger partial charge in [-0.3, -0.25) is 0 Å². The van der Waals surface area contributed by atoms with Gasteiger partial charge in [0, 0.05) is 5.56 Å². The molecule has 1 N–H and O–H groups in total. The number of benzene rings is 1. The number of ether oxygens (including phenoxy) is 1. The average Bonchev–Trinajstić information content (AvgIpc) is 2.35. The zero-order valence-electron chi connectivity index (χ0n) is 12.1. The average molecular weight is 250 g/mol. The minimum absolute atomic E-state index is 0.409. The van der Waals surface area contributed by atoms with E-state index in [-0.39, 0.29) is 0 Å². The van der Waals surface area contributed by atoms with Gasteiger partial charge in [-0.15, -0.1) is 0 Å². The second kappa shape index (κ2) is 7.42. The van der Waals surface area contributed by atoms with Crippen LogP contribution >= 0.6 is 0 Å². The van der Waals surface area contributed by atoms with Crippen molar-refractivity contribution in [2.45, 2.75) is 52.6 Å². The Morgan fingerprint density at radius 2 is 2.00 bits per heavy atom. The Labute approximate surface area is 111 Å². The largest absolute Gasteiger partial charge is 0.496 e. The summed E-state index contributed by atoms with van der Waals surface area (Å²) in [4.78, 5) is 0. The third-order valence-corrected chi connectivity index (χ3v) is 3.13. The van der Waals surface area contributed by atoms with Crippen molar-refractivity contribution in [3.63, 3.8) is 0 Å². The van der Waals surface area contributed by atoms with Crippen molar-refractivity contribution in [1.29, 1.82) is 0 Å². The van der Waals surface area contributed by atoms with Crippen LogP contribution in [0.25, 0.3) is 0 Å². The van der Waals surface area contributed by atoms with Crippen molar-refractivity contribution in [3.05, 3.63) is 29.3 Å². The van der Waals surface area contributed by atoms with Crippen molar-refractivity contribution in [1.82, 2.24) is 0 Å². The summed E-state index contributed by atoms with van der Waals surface area (Å²) in [5.41, 5.74) is 2.19. The fraction of sp³-hybridized carbons (Fsp3) is 0.625. The number of unbranched alkanes of at least 4 members (excludes halogenated alkanes) is 1. The third-order valence-electron chi connectivity index (χ3n) is 3.13. The number of rotatable bonds is 7. The summed E-state index contributed by atoms with van der Waals surface area (Å²) in [6.07, 6.45) is 3.58. The minimum Gasteiger partial charge on any atom is -0.496 e. The molecule has 0 fully saturated rings. The van der Waals surface area contributed by atoms with Gasteiger partial charge in [-0.05, 0) is 30.4 Å². The van der Waals surface area contributed by atoms with Crippen LogP contribution in [0.2, 0.25) is 0 Å². The van der Waals surface area contributed by atoms with Crippen molar-refractivity contribution < 1.29 is 9.84 Å². The van der Waals surface area contributed by atoms with Gasteiger partial charge in [0.05, 0.1) is 13.2 Å². The molecule has 0 radical (unpaired) electrons. The Morgan fingerprint density at radius 1 is 1.28 bits per heavy atom. The van der Waals surface area contributed by atoms with Crippen LogP contribution < -0.4 is 4.74 Å². The van der Waals surface area contributed by atoms with Crippen molar-refractivity contribution in [2.24, 2.45) is 5.92 Å². The first-order valence-electron chi connectivity index (χ1n) is 6.93. The molecule has 0 heterocycles. The highest BCUT2D eigenvalue weighted by molar-refractivity contribution is 5.39. The van der Waals surface area contributed by atoms with E-state index >= 15 is 0 Å². The van der Waals surface area contributed by atoms with Gasteiger partial charge in [0.2, 0.25) is 0 Å². The lowest BCUT2D eigenvalue weighted by Crippen LogP contribution is -2.02. The number of aliphatic hydroxyl groups excluding tert-OH is 1. The summed E-state index contributed by atoms with van der Waals surface area (Å²) < 4.78 is 5.41. The van der Waals surface area contributed by atoms with Crippen LogP contribution in [0, 0.1) is 5.92 Å². The summed E-state index contributed by atoms with van der Waals surface area (Å²) >= 11 is 0. The third kappa shape index (κ3) is 4.34. The lowest BCUT2D eigenvalue weighted by molar-refractivity contribution is 0.160. The van der Waals surface area contributed by atoms with Crippen LogP contribution in [0.4, 0.5) is 0 Å². The van der Waals surface area contributed by atoms with E-state index in [9.17, 15) is 5.11 Å². The molecule has 0 aliphatic carbocycles. The molecule has 0 aromatic heterocycles. The molecule has 2 nitrogen and oxygen atoms in total. The van der Waals surface area contributed by atoms with Crippen LogP contribution in [0.3, 0.4) is 0 Å². The molecule has 2 heteroatoms. The summed E-state index contributed by atoms with van der Waals surface area (Å²) in [5, 5.41) is 10.2. The fourth-order valence-corrected chi connectivity index (χ4v) is 2.18. The monoisotopic (exact) mass is 250 g/mol. The first-order valence-corrected chi connectivity index (χ1v) is 6.93. The van der Waals surface area contributed by atoms with Gasteiger partial charge in [0.1, 0.15) is 5.75 Å². The molecule has 1 unspecified atom stereocenters. The molecular weight excluding hydrogens is 224 g/mol. The second-order valence-electron chi connectivity index (χ2n) is 5.33. The number of hydrogen-bond donors (Lipinski definition) is 1. The van der Waals surface area contributed by atoms with E-state index in [1.165, 1.54) is 5.56 Å². The maximum Gasteiger partial charge on any atom is 0.124 e. The molecule has 0 aliphatic rings. The fourth-order valence-electron chi connectivity index (χ4n) is 2.18. The SMILES string of the molecule is CCCCC(O)c1ccc(CC(C)C)cc1OC. The Balaban J connectivity index is 2.85. The standard InChI is InChI=1S/C16H26O2/c1-5-6-7-15(17)14-9-8-13(10-12(2)3)11-16(14)18-4/h8-9,11-12,15,17H,5-7,10H2,1-4H3. The molecule has 0 spiro atoms. The Hall–Kier alpha value is -1.02. The van der Waals surface area contributed by atoms with E-state index < -0.39 is 6.10 Å².